The number of fused-ring (bicyclic) bond motifs is 1. The fourth-order valence-corrected chi connectivity index (χ4v) is 4.05. The number of urea groups is 1. The van der Waals surface area contributed by atoms with Gasteiger partial charge in [0.1, 0.15) is 0 Å². The van der Waals surface area contributed by atoms with Crippen molar-refractivity contribution in [3.8, 4) is 0 Å². The second-order valence-electron chi connectivity index (χ2n) is 7.00. The zero-order valence-electron chi connectivity index (χ0n) is 13.6. The number of H-pyrrole nitrogens is 1. The molecular weight excluding hydrogens is 286 g/mol. The highest BCUT2D eigenvalue weighted by Crippen LogP contribution is 2.30. The number of likely N-dealkylation sites (tertiary alicyclic amines) is 1. The molecule has 1 aromatic heterocycles. The van der Waals surface area contributed by atoms with E-state index in [-0.39, 0.29) is 6.03 Å². The maximum absolute atomic E-state index is 12.3. The van der Waals surface area contributed by atoms with Gasteiger partial charge in [-0.1, -0.05) is 31.0 Å². The third-order valence-corrected chi connectivity index (χ3v) is 5.46. The van der Waals surface area contributed by atoms with Crippen LogP contribution < -0.4 is 5.32 Å². The molecule has 1 aliphatic heterocycles. The lowest BCUT2D eigenvalue weighted by atomic mass is 9.93. The number of hydrogen-bond acceptors (Lipinski definition) is 1. The van der Waals surface area contributed by atoms with Gasteiger partial charge in [-0.2, -0.15) is 0 Å². The quantitative estimate of drug-likeness (QED) is 0.865. The molecule has 0 atom stereocenters. The van der Waals surface area contributed by atoms with Gasteiger partial charge in [-0.3, -0.25) is 0 Å². The summed E-state index contributed by atoms with van der Waals surface area (Å²) < 4.78 is 0. The molecule has 1 saturated carbocycles. The Hall–Kier alpha value is -1.97. The lowest BCUT2D eigenvalue weighted by molar-refractivity contribution is 0.177. The van der Waals surface area contributed by atoms with E-state index in [2.05, 4.69) is 40.6 Å². The van der Waals surface area contributed by atoms with Crippen LogP contribution in [0.3, 0.4) is 0 Å². The van der Waals surface area contributed by atoms with E-state index >= 15 is 0 Å². The van der Waals surface area contributed by atoms with Crippen LogP contribution in [0.5, 0.6) is 0 Å². The van der Waals surface area contributed by atoms with E-state index in [9.17, 15) is 4.79 Å². The van der Waals surface area contributed by atoms with E-state index in [0.717, 1.165) is 38.8 Å². The molecule has 4 heteroatoms. The SMILES string of the molecule is O=C(NC1CCCC1)N1CCC(c2cc3ccccc3[nH]2)CC1. The Bertz CT molecular complexity index is 646. The van der Waals surface area contributed by atoms with E-state index in [0.29, 0.717) is 12.0 Å². The zero-order valence-corrected chi connectivity index (χ0v) is 13.6. The summed E-state index contributed by atoms with van der Waals surface area (Å²) in [4.78, 5) is 17.9. The Morgan fingerprint density at radius 2 is 1.83 bits per heavy atom. The van der Waals surface area contributed by atoms with Gasteiger partial charge in [0, 0.05) is 36.3 Å². The van der Waals surface area contributed by atoms with E-state index in [1.165, 1.54) is 29.4 Å². The molecule has 2 heterocycles. The molecule has 2 aromatic rings. The Labute approximate surface area is 137 Å². The number of carbonyl (C=O) groups excluding carboxylic acids is 1. The first-order chi connectivity index (χ1) is 11.3. The van der Waals surface area contributed by atoms with Gasteiger partial charge in [0.25, 0.3) is 0 Å². The third-order valence-electron chi connectivity index (χ3n) is 5.46. The molecule has 23 heavy (non-hydrogen) atoms. The smallest absolute Gasteiger partial charge is 0.317 e. The summed E-state index contributed by atoms with van der Waals surface area (Å²) in [5.74, 6) is 0.540. The lowest BCUT2D eigenvalue weighted by Gasteiger charge is -2.32. The van der Waals surface area contributed by atoms with Crippen molar-refractivity contribution in [1.29, 1.82) is 0 Å². The number of para-hydroxylation sites is 1. The number of rotatable bonds is 2. The average Bonchev–Trinajstić information content (AvgIpc) is 3.24. The maximum atomic E-state index is 12.3. The van der Waals surface area contributed by atoms with Crippen LogP contribution in [0.15, 0.2) is 30.3 Å². The van der Waals surface area contributed by atoms with E-state index in [1.807, 2.05) is 4.90 Å². The van der Waals surface area contributed by atoms with Crippen LogP contribution in [0.25, 0.3) is 10.9 Å². The van der Waals surface area contributed by atoms with Gasteiger partial charge in [0.05, 0.1) is 0 Å². The first kappa shape index (κ1) is 14.6. The van der Waals surface area contributed by atoms with Crippen LogP contribution in [0, 0.1) is 0 Å². The van der Waals surface area contributed by atoms with Crippen molar-refractivity contribution in [1.82, 2.24) is 15.2 Å². The summed E-state index contributed by atoms with van der Waals surface area (Å²) in [5, 5.41) is 4.49. The number of aromatic nitrogens is 1. The number of nitrogens with one attached hydrogen (secondary N) is 2. The van der Waals surface area contributed by atoms with Crippen LogP contribution in [0.4, 0.5) is 4.79 Å². The second kappa shape index (κ2) is 6.26. The van der Waals surface area contributed by atoms with Crippen molar-refractivity contribution >= 4 is 16.9 Å². The molecule has 4 nitrogen and oxygen atoms in total. The molecule has 4 rings (SSSR count). The number of carbonyl (C=O) groups is 1. The van der Waals surface area contributed by atoms with Gasteiger partial charge in [-0.15, -0.1) is 0 Å². The summed E-state index contributed by atoms with van der Waals surface area (Å²) >= 11 is 0. The molecular formula is C19H25N3O. The van der Waals surface area contributed by atoms with Gasteiger partial charge >= 0.3 is 6.03 Å². The predicted molar refractivity (Wildman–Crippen MR) is 92.6 cm³/mol. The highest BCUT2D eigenvalue weighted by Gasteiger charge is 2.26. The average molecular weight is 311 g/mol. The van der Waals surface area contributed by atoms with Gasteiger partial charge in [0.15, 0.2) is 0 Å². The third kappa shape index (κ3) is 3.07. The first-order valence-electron chi connectivity index (χ1n) is 8.93. The number of amides is 2. The maximum Gasteiger partial charge on any atom is 0.317 e. The summed E-state index contributed by atoms with van der Waals surface area (Å²) in [6.07, 6.45) is 6.91. The molecule has 0 spiro atoms. The minimum atomic E-state index is 0.145. The number of piperidine rings is 1. The highest BCUT2D eigenvalue weighted by molar-refractivity contribution is 5.80. The predicted octanol–water partition coefficient (Wildman–Crippen LogP) is 4.00. The van der Waals surface area contributed by atoms with Crippen LogP contribution in [-0.2, 0) is 0 Å². The normalized spacial score (nSPS) is 20.3. The molecule has 0 unspecified atom stereocenters. The summed E-state index contributed by atoms with van der Waals surface area (Å²) in [6, 6.07) is 11.3. The Kier molecular flexibility index (Phi) is 3.98. The zero-order chi connectivity index (χ0) is 15.6. The van der Waals surface area contributed by atoms with Crippen molar-refractivity contribution in [3.63, 3.8) is 0 Å². The monoisotopic (exact) mass is 311 g/mol. The van der Waals surface area contributed by atoms with Crippen LogP contribution in [0.1, 0.15) is 50.1 Å². The standard InChI is InChI=1S/C19H25N3O/c23-19(20-16-6-2-3-7-16)22-11-9-14(10-12-22)18-13-15-5-1-4-8-17(15)21-18/h1,4-5,8,13-14,16,21H,2-3,6-7,9-12H2,(H,20,23). The largest absolute Gasteiger partial charge is 0.358 e. The highest BCUT2D eigenvalue weighted by atomic mass is 16.2. The molecule has 2 aliphatic rings. The Balaban J connectivity index is 1.35. The van der Waals surface area contributed by atoms with E-state index in [1.54, 1.807) is 0 Å². The number of aromatic amines is 1. The molecule has 2 N–H and O–H groups in total. The van der Waals surface area contributed by atoms with Gasteiger partial charge in [-0.25, -0.2) is 4.79 Å². The van der Waals surface area contributed by atoms with Crippen molar-refractivity contribution in [2.45, 2.75) is 50.5 Å². The lowest BCUT2D eigenvalue weighted by Crippen LogP contribution is -2.47. The van der Waals surface area contributed by atoms with Gasteiger partial charge < -0.3 is 15.2 Å². The summed E-state index contributed by atoms with van der Waals surface area (Å²) in [6.45, 7) is 1.72. The van der Waals surface area contributed by atoms with Crippen molar-refractivity contribution in [2.75, 3.05) is 13.1 Å². The number of nitrogens with zero attached hydrogens (tertiary/aromatic N) is 1. The minimum Gasteiger partial charge on any atom is -0.358 e. The van der Waals surface area contributed by atoms with Crippen LogP contribution >= 0.6 is 0 Å². The molecule has 0 bridgehead atoms. The first-order valence-corrected chi connectivity index (χ1v) is 8.93. The molecule has 2 amide bonds. The fourth-order valence-electron chi connectivity index (χ4n) is 4.05. The van der Waals surface area contributed by atoms with Crippen molar-refractivity contribution < 1.29 is 4.79 Å². The van der Waals surface area contributed by atoms with E-state index in [4.69, 9.17) is 0 Å². The van der Waals surface area contributed by atoms with Crippen molar-refractivity contribution in [2.24, 2.45) is 0 Å². The van der Waals surface area contributed by atoms with Crippen molar-refractivity contribution in [3.05, 3.63) is 36.0 Å². The van der Waals surface area contributed by atoms with Gasteiger partial charge in [0.2, 0.25) is 0 Å². The summed E-state index contributed by atoms with van der Waals surface area (Å²) in [5.41, 5.74) is 2.53. The molecule has 2 fully saturated rings. The van der Waals surface area contributed by atoms with E-state index < -0.39 is 0 Å². The molecule has 1 saturated heterocycles. The molecule has 1 aliphatic carbocycles. The fraction of sp³-hybridized carbons (Fsp3) is 0.526. The Morgan fingerprint density at radius 3 is 2.57 bits per heavy atom. The van der Waals surface area contributed by atoms with Crippen LogP contribution in [0.2, 0.25) is 0 Å². The number of benzene rings is 1. The Morgan fingerprint density at radius 1 is 1.09 bits per heavy atom. The molecule has 122 valence electrons. The molecule has 1 aromatic carbocycles. The topological polar surface area (TPSA) is 48.1 Å². The number of hydrogen-bond donors (Lipinski definition) is 2. The summed E-state index contributed by atoms with van der Waals surface area (Å²) in [7, 11) is 0. The molecule has 0 radical (unpaired) electrons. The van der Waals surface area contributed by atoms with Crippen LogP contribution in [-0.4, -0.2) is 35.0 Å². The minimum absolute atomic E-state index is 0.145. The van der Waals surface area contributed by atoms with Gasteiger partial charge in [-0.05, 0) is 43.2 Å². The second-order valence-corrected chi connectivity index (χ2v) is 7.00.